The van der Waals surface area contributed by atoms with Gasteiger partial charge in [-0.15, -0.1) is 0 Å². The van der Waals surface area contributed by atoms with Gasteiger partial charge >= 0.3 is 0 Å². The number of nitrogen functional groups attached to an aromatic ring is 1. The molecule has 0 saturated heterocycles. The summed E-state index contributed by atoms with van der Waals surface area (Å²) >= 11 is 0. The van der Waals surface area contributed by atoms with E-state index in [4.69, 9.17) is 15.2 Å². The van der Waals surface area contributed by atoms with Gasteiger partial charge in [0.2, 0.25) is 0 Å². The number of pyridine rings is 1. The van der Waals surface area contributed by atoms with Gasteiger partial charge in [0.25, 0.3) is 0 Å². The Bertz CT molecular complexity index is 788. The third-order valence-electron chi connectivity index (χ3n) is 3.56. The van der Waals surface area contributed by atoms with Crippen molar-refractivity contribution in [2.24, 2.45) is 0 Å². The van der Waals surface area contributed by atoms with E-state index >= 15 is 0 Å². The van der Waals surface area contributed by atoms with Gasteiger partial charge in [0.15, 0.2) is 0 Å². The van der Waals surface area contributed by atoms with Crippen LogP contribution in [0.3, 0.4) is 0 Å². The first kappa shape index (κ1) is 14.9. The first-order valence-corrected chi connectivity index (χ1v) is 7.32. The summed E-state index contributed by atoms with van der Waals surface area (Å²) in [7, 11) is 1.63. The summed E-state index contributed by atoms with van der Waals surface area (Å²) in [4.78, 5) is 4.16. The predicted molar refractivity (Wildman–Crippen MR) is 91.4 cm³/mol. The molecule has 3 aromatic rings. The second-order valence-electron chi connectivity index (χ2n) is 5.10. The lowest BCUT2D eigenvalue weighted by atomic mass is 10.0. The Labute approximate surface area is 135 Å². The molecule has 4 heteroatoms. The van der Waals surface area contributed by atoms with Crippen molar-refractivity contribution in [3.05, 3.63) is 72.6 Å². The number of anilines is 1. The summed E-state index contributed by atoms with van der Waals surface area (Å²) in [5.41, 5.74) is 9.58. The van der Waals surface area contributed by atoms with Gasteiger partial charge < -0.3 is 15.2 Å². The van der Waals surface area contributed by atoms with Crippen molar-refractivity contribution >= 4 is 5.69 Å². The third kappa shape index (κ3) is 3.43. The fourth-order valence-electron chi connectivity index (χ4n) is 2.36. The van der Waals surface area contributed by atoms with Crippen LogP contribution >= 0.6 is 0 Å². The average Bonchev–Trinajstić information content (AvgIpc) is 2.62. The first-order valence-electron chi connectivity index (χ1n) is 7.32. The Balaban J connectivity index is 1.87. The van der Waals surface area contributed by atoms with E-state index in [0.717, 1.165) is 28.2 Å². The fraction of sp³-hybridized carbons (Fsp3) is 0.105. The molecule has 0 saturated carbocycles. The second-order valence-corrected chi connectivity index (χ2v) is 5.10. The Morgan fingerprint density at radius 2 is 1.83 bits per heavy atom. The molecule has 0 aliphatic rings. The van der Waals surface area contributed by atoms with Crippen molar-refractivity contribution in [1.29, 1.82) is 0 Å². The smallest absolute Gasteiger partial charge is 0.129 e. The molecule has 23 heavy (non-hydrogen) atoms. The molecule has 0 fully saturated rings. The summed E-state index contributed by atoms with van der Waals surface area (Å²) < 4.78 is 11.3. The van der Waals surface area contributed by atoms with Gasteiger partial charge in [-0.2, -0.15) is 0 Å². The van der Waals surface area contributed by atoms with Crippen molar-refractivity contribution in [3.8, 4) is 22.6 Å². The van der Waals surface area contributed by atoms with Gasteiger partial charge in [0.1, 0.15) is 18.1 Å². The Morgan fingerprint density at radius 3 is 2.61 bits per heavy atom. The topological polar surface area (TPSA) is 57.4 Å². The lowest BCUT2D eigenvalue weighted by Crippen LogP contribution is -1.98. The number of methoxy groups -OCH3 is 1. The van der Waals surface area contributed by atoms with E-state index in [1.54, 1.807) is 19.5 Å². The summed E-state index contributed by atoms with van der Waals surface area (Å²) in [6, 6.07) is 17.5. The largest absolute Gasteiger partial charge is 0.496 e. The van der Waals surface area contributed by atoms with E-state index in [-0.39, 0.29) is 0 Å². The van der Waals surface area contributed by atoms with Gasteiger partial charge in [-0.05, 0) is 29.8 Å². The number of ether oxygens (including phenoxy) is 2. The molecular formula is C19H18N2O2. The van der Waals surface area contributed by atoms with Crippen molar-refractivity contribution in [2.75, 3.05) is 12.8 Å². The number of benzene rings is 2. The molecule has 0 aliphatic carbocycles. The lowest BCUT2D eigenvalue weighted by molar-refractivity contribution is 0.306. The van der Waals surface area contributed by atoms with Crippen LogP contribution in [0.2, 0.25) is 0 Å². The highest BCUT2D eigenvalue weighted by Gasteiger charge is 2.10. The van der Waals surface area contributed by atoms with Crippen LogP contribution in [0.1, 0.15) is 5.56 Å². The normalized spacial score (nSPS) is 10.3. The number of nitrogens with two attached hydrogens (primary N) is 1. The van der Waals surface area contributed by atoms with E-state index in [2.05, 4.69) is 4.98 Å². The first-order chi connectivity index (χ1) is 11.3. The van der Waals surface area contributed by atoms with Crippen LogP contribution in [-0.4, -0.2) is 12.1 Å². The maximum atomic E-state index is 6.11. The van der Waals surface area contributed by atoms with E-state index < -0.39 is 0 Å². The van der Waals surface area contributed by atoms with Gasteiger partial charge in [-0.25, -0.2) is 0 Å². The van der Waals surface area contributed by atoms with Crippen LogP contribution < -0.4 is 15.2 Å². The fourth-order valence-corrected chi connectivity index (χ4v) is 2.36. The molecular weight excluding hydrogens is 288 g/mol. The number of rotatable bonds is 5. The van der Waals surface area contributed by atoms with Gasteiger partial charge in [-0.3, -0.25) is 4.98 Å². The van der Waals surface area contributed by atoms with Gasteiger partial charge in [-0.1, -0.05) is 30.3 Å². The van der Waals surface area contributed by atoms with E-state index in [1.165, 1.54) is 0 Å². The molecule has 0 amide bonds. The second kappa shape index (κ2) is 6.83. The molecule has 116 valence electrons. The maximum absolute atomic E-state index is 6.11. The number of hydrogen-bond donors (Lipinski definition) is 1. The predicted octanol–water partition coefficient (Wildman–Crippen LogP) is 3.92. The summed E-state index contributed by atoms with van der Waals surface area (Å²) in [5, 5.41) is 0. The van der Waals surface area contributed by atoms with Crippen LogP contribution in [0.5, 0.6) is 11.5 Å². The SMILES string of the molecule is COc1ccncc1-c1cc(OCc2ccccc2)ccc1N. The molecule has 3 rings (SSSR count). The number of aromatic nitrogens is 1. The zero-order valence-corrected chi connectivity index (χ0v) is 12.9. The van der Waals surface area contributed by atoms with E-state index in [9.17, 15) is 0 Å². The number of hydrogen-bond acceptors (Lipinski definition) is 4. The molecule has 0 bridgehead atoms. The summed E-state index contributed by atoms with van der Waals surface area (Å²) in [6.07, 6.45) is 3.43. The molecule has 0 spiro atoms. The van der Waals surface area contributed by atoms with Crippen molar-refractivity contribution < 1.29 is 9.47 Å². The molecule has 2 aromatic carbocycles. The molecule has 0 atom stereocenters. The zero-order chi connectivity index (χ0) is 16.1. The standard InChI is InChI=1S/C19H18N2O2/c1-22-19-9-10-21-12-17(19)16-11-15(7-8-18(16)20)23-13-14-5-3-2-4-6-14/h2-12H,13,20H2,1H3. The maximum Gasteiger partial charge on any atom is 0.129 e. The minimum absolute atomic E-state index is 0.508. The Hall–Kier alpha value is -3.01. The van der Waals surface area contributed by atoms with Crippen molar-refractivity contribution in [1.82, 2.24) is 4.98 Å². The van der Waals surface area contributed by atoms with Crippen LogP contribution in [0.15, 0.2) is 67.0 Å². The lowest BCUT2D eigenvalue weighted by Gasteiger charge is -2.13. The van der Waals surface area contributed by atoms with Crippen LogP contribution in [0, 0.1) is 0 Å². The minimum atomic E-state index is 0.508. The number of nitrogens with zero attached hydrogens (tertiary/aromatic N) is 1. The molecule has 1 heterocycles. The molecule has 0 radical (unpaired) electrons. The van der Waals surface area contributed by atoms with Crippen LogP contribution in [0.4, 0.5) is 5.69 Å². The average molecular weight is 306 g/mol. The van der Waals surface area contributed by atoms with Gasteiger partial charge in [0.05, 0.1) is 7.11 Å². The van der Waals surface area contributed by atoms with Crippen LogP contribution in [-0.2, 0) is 6.61 Å². The van der Waals surface area contributed by atoms with E-state index in [0.29, 0.717) is 12.3 Å². The molecule has 4 nitrogen and oxygen atoms in total. The Morgan fingerprint density at radius 1 is 1.00 bits per heavy atom. The minimum Gasteiger partial charge on any atom is -0.496 e. The summed E-state index contributed by atoms with van der Waals surface area (Å²) in [6.45, 7) is 0.508. The molecule has 2 N–H and O–H groups in total. The van der Waals surface area contributed by atoms with Crippen molar-refractivity contribution in [3.63, 3.8) is 0 Å². The molecule has 0 unspecified atom stereocenters. The summed E-state index contributed by atoms with van der Waals surface area (Å²) in [5.74, 6) is 1.48. The molecule has 1 aromatic heterocycles. The molecule has 0 aliphatic heterocycles. The van der Waals surface area contributed by atoms with E-state index in [1.807, 2.05) is 54.6 Å². The van der Waals surface area contributed by atoms with Crippen LogP contribution in [0.25, 0.3) is 11.1 Å². The highest BCUT2D eigenvalue weighted by atomic mass is 16.5. The Kier molecular flexibility index (Phi) is 4.43. The third-order valence-corrected chi connectivity index (χ3v) is 3.56. The monoisotopic (exact) mass is 306 g/mol. The highest BCUT2D eigenvalue weighted by Crippen LogP contribution is 2.35. The zero-order valence-electron chi connectivity index (χ0n) is 12.9. The quantitative estimate of drug-likeness (QED) is 0.726. The van der Waals surface area contributed by atoms with Crippen molar-refractivity contribution in [2.45, 2.75) is 6.61 Å². The highest BCUT2D eigenvalue weighted by molar-refractivity contribution is 5.80. The van der Waals surface area contributed by atoms with Gasteiger partial charge in [0, 0.05) is 29.2 Å².